The van der Waals surface area contributed by atoms with Gasteiger partial charge in [0.2, 0.25) is 0 Å². The van der Waals surface area contributed by atoms with Crippen molar-refractivity contribution >= 4 is 23.0 Å². The van der Waals surface area contributed by atoms with Crippen LogP contribution in [0.1, 0.15) is 15.9 Å². The Morgan fingerprint density at radius 3 is 2.60 bits per heavy atom. The topological polar surface area (TPSA) is 87.7 Å². The molecule has 0 atom stereocenters. The van der Waals surface area contributed by atoms with Gasteiger partial charge in [-0.3, -0.25) is 9.36 Å². The normalized spacial score (nSPS) is 10.6. The summed E-state index contributed by atoms with van der Waals surface area (Å²) in [5.41, 5.74) is 1.70. The second-order valence-corrected chi connectivity index (χ2v) is 5.27. The first-order chi connectivity index (χ1) is 12.1. The fraction of sp³-hybridized carbons (Fsp3) is 0.167. The second-order valence-electron chi connectivity index (χ2n) is 5.27. The number of carbonyl (C=O) groups excluding carboxylic acids is 2. The molecule has 0 aliphatic heterocycles. The molecule has 0 aliphatic carbocycles. The van der Waals surface area contributed by atoms with Crippen molar-refractivity contribution in [3.05, 3.63) is 70.2 Å². The molecule has 128 valence electrons. The lowest BCUT2D eigenvalue weighted by Crippen LogP contribution is -2.21. The summed E-state index contributed by atoms with van der Waals surface area (Å²) in [4.78, 5) is 35.5. The number of rotatable bonds is 5. The quantitative estimate of drug-likeness (QED) is 0.661. The average molecular weight is 341 g/mol. The highest BCUT2D eigenvalue weighted by molar-refractivity contribution is 5.93. The third-order valence-electron chi connectivity index (χ3n) is 3.62. The lowest BCUT2D eigenvalue weighted by atomic mass is 10.2. The first kappa shape index (κ1) is 16.5. The highest BCUT2D eigenvalue weighted by atomic mass is 16.5. The molecular formula is C18H15NO6. The van der Waals surface area contributed by atoms with Crippen molar-refractivity contribution in [2.24, 2.45) is 0 Å². The molecule has 0 fully saturated rings. The van der Waals surface area contributed by atoms with E-state index in [1.165, 1.54) is 25.3 Å². The van der Waals surface area contributed by atoms with Crippen LogP contribution in [0.4, 0.5) is 0 Å². The lowest BCUT2D eigenvalue weighted by Gasteiger charge is -2.05. The Hall–Kier alpha value is -3.35. The maximum absolute atomic E-state index is 12.0. The maximum atomic E-state index is 12.0. The molecule has 7 nitrogen and oxygen atoms in total. The zero-order valence-electron chi connectivity index (χ0n) is 13.4. The molecule has 3 aromatic rings. The van der Waals surface area contributed by atoms with Crippen LogP contribution in [-0.4, -0.2) is 23.6 Å². The van der Waals surface area contributed by atoms with Gasteiger partial charge in [0.15, 0.2) is 5.58 Å². The Morgan fingerprint density at radius 2 is 1.88 bits per heavy atom. The van der Waals surface area contributed by atoms with Gasteiger partial charge in [0.05, 0.1) is 18.2 Å². The van der Waals surface area contributed by atoms with Crippen LogP contribution < -0.4 is 5.76 Å². The molecule has 0 spiro atoms. The van der Waals surface area contributed by atoms with Crippen LogP contribution in [-0.2, 0) is 27.4 Å². The average Bonchev–Trinajstić information content (AvgIpc) is 2.94. The van der Waals surface area contributed by atoms with Crippen LogP contribution >= 0.6 is 0 Å². The number of carbonyl (C=O) groups is 2. The van der Waals surface area contributed by atoms with E-state index in [2.05, 4.69) is 4.74 Å². The molecule has 3 rings (SSSR count). The van der Waals surface area contributed by atoms with E-state index < -0.39 is 17.7 Å². The molecular weight excluding hydrogens is 326 g/mol. The molecule has 25 heavy (non-hydrogen) atoms. The van der Waals surface area contributed by atoms with E-state index in [9.17, 15) is 14.4 Å². The van der Waals surface area contributed by atoms with Crippen molar-refractivity contribution in [2.45, 2.75) is 13.2 Å². The fourth-order valence-electron chi connectivity index (χ4n) is 2.37. The van der Waals surface area contributed by atoms with Crippen molar-refractivity contribution in [1.29, 1.82) is 0 Å². The second kappa shape index (κ2) is 7.04. The van der Waals surface area contributed by atoms with E-state index in [0.29, 0.717) is 5.52 Å². The molecule has 0 radical (unpaired) electrons. The van der Waals surface area contributed by atoms with Gasteiger partial charge in [-0.2, -0.15) is 0 Å². The number of oxazole rings is 1. The smallest absolute Gasteiger partial charge is 0.420 e. The van der Waals surface area contributed by atoms with Gasteiger partial charge in [0.25, 0.3) is 0 Å². The lowest BCUT2D eigenvalue weighted by molar-refractivity contribution is -0.145. The molecule has 0 aliphatic rings. The van der Waals surface area contributed by atoms with Gasteiger partial charge >= 0.3 is 17.7 Å². The maximum Gasteiger partial charge on any atom is 0.420 e. The number of ether oxygens (including phenoxy) is 2. The standard InChI is InChI=1S/C18H15NO6/c1-23-17(21)13-7-8-14-15(9-13)25-18(22)19(14)10-16(20)24-11-12-5-3-2-4-6-12/h2-9H,10-11H2,1H3. The molecule has 1 heterocycles. The van der Waals surface area contributed by atoms with Gasteiger partial charge in [-0.25, -0.2) is 9.59 Å². The third-order valence-corrected chi connectivity index (χ3v) is 3.62. The largest absolute Gasteiger partial charge is 0.465 e. The predicted molar refractivity (Wildman–Crippen MR) is 88.1 cm³/mol. The van der Waals surface area contributed by atoms with Crippen molar-refractivity contribution in [2.75, 3.05) is 7.11 Å². The summed E-state index contributed by atoms with van der Waals surface area (Å²) in [6.07, 6.45) is 0. The summed E-state index contributed by atoms with van der Waals surface area (Å²) in [5.74, 6) is -1.81. The van der Waals surface area contributed by atoms with Crippen LogP contribution in [0.25, 0.3) is 11.1 Å². The number of fused-ring (bicyclic) bond motifs is 1. The van der Waals surface area contributed by atoms with Gasteiger partial charge in [0.1, 0.15) is 13.2 Å². The third kappa shape index (κ3) is 3.60. The molecule has 1 aromatic heterocycles. The highest BCUT2D eigenvalue weighted by Crippen LogP contribution is 2.16. The van der Waals surface area contributed by atoms with Gasteiger partial charge in [-0.1, -0.05) is 30.3 Å². The SMILES string of the molecule is COC(=O)c1ccc2c(c1)oc(=O)n2CC(=O)OCc1ccccc1. The minimum absolute atomic E-state index is 0.122. The van der Waals surface area contributed by atoms with E-state index in [1.54, 1.807) is 0 Å². The highest BCUT2D eigenvalue weighted by Gasteiger charge is 2.16. The summed E-state index contributed by atoms with van der Waals surface area (Å²) >= 11 is 0. The molecule has 0 saturated carbocycles. The van der Waals surface area contributed by atoms with E-state index in [4.69, 9.17) is 9.15 Å². The Morgan fingerprint density at radius 1 is 1.12 bits per heavy atom. The van der Waals surface area contributed by atoms with Crippen molar-refractivity contribution < 1.29 is 23.5 Å². The van der Waals surface area contributed by atoms with Crippen LogP contribution in [0.2, 0.25) is 0 Å². The Bertz CT molecular complexity index is 970. The number of methoxy groups -OCH3 is 1. The minimum atomic E-state index is -0.700. The summed E-state index contributed by atoms with van der Waals surface area (Å²) in [7, 11) is 1.26. The van der Waals surface area contributed by atoms with E-state index in [1.807, 2.05) is 30.3 Å². The van der Waals surface area contributed by atoms with Gasteiger partial charge < -0.3 is 13.9 Å². The first-order valence-corrected chi connectivity index (χ1v) is 7.50. The molecule has 0 amide bonds. The van der Waals surface area contributed by atoms with Gasteiger partial charge in [-0.05, 0) is 23.8 Å². The summed E-state index contributed by atoms with van der Waals surface area (Å²) in [6, 6.07) is 13.6. The Kier molecular flexibility index (Phi) is 4.65. The monoisotopic (exact) mass is 341 g/mol. The Balaban J connectivity index is 1.76. The van der Waals surface area contributed by atoms with E-state index >= 15 is 0 Å². The molecule has 0 saturated heterocycles. The first-order valence-electron chi connectivity index (χ1n) is 7.50. The number of hydrogen-bond donors (Lipinski definition) is 0. The molecule has 0 N–H and O–H groups in total. The van der Waals surface area contributed by atoms with Crippen LogP contribution in [0, 0.1) is 0 Å². The Labute approximate surface area is 142 Å². The van der Waals surface area contributed by atoms with Gasteiger partial charge in [0, 0.05) is 0 Å². The zero-order valence-corrected chi connectivity index (χ0v) is 13.4. The molecule has 2 aromatic carbocycles. The van der Waals surface area contributed by atoms with Crippen molar-refractivity contribution in [1.82, 2.24) is 4.57 Å². The van der Waals surface area contributed by atoms with Crippen LogP contribution in [0.15, 0.2) is 57.7 Å². The number of hydrogen-bond acceptors (Lipinski definition) is 6. The van der Waals surface area contributed by atoms with Gasteiger partial charge in [-0.15, -0.1) is 0 Å². The van der Waals surface area contributed by atoms with Crippen molar-refractivity contribution in [3.63, 3.8) is 0 Å². The van der Waals surface area contributed by atoms with E-state index in [-0.39, 0.29) is 24.3 Å². The fourth-order valence-corrected chi connectivity index (χ4v) is 2.37. The predicted octanol–water partition coefficient (Wildman–Crippen LogP) is 2.12. The summed E-state index contributed by atoms with van der Waals surface area (Å²) in [6.45, 7) is -0.160. The zero-order chi connectivity index (χ0) is 17.8. The summed E-state index contributed by atoms with van der Waals surface area (Å²) in [5, 5.41) is 0. The minimum Gasteiger partial charge on any atom is -0.465 e. The van der Waals surface area contributed by atoms with Crippen LogP contribution in [0.5, 0.6) is 0 Å². The number of benzene rings is 2. The van der Waals surface area contributed by atoms with Crippen molar-refractivity contribution in [3.8, 4) is 0 Å². The molecule has 0 unspecified atom stereocenters. The molecule has 7 heteroatoms. The van der Waals surface area contributed by atoms with E-state index in [0.717, 1.165) is 10.1 Å². The number of aromatic nitrogens is 1. The van der Waals surface area contributed by atoms with Crippen LogP contribution in [0.3, 0.4) is 0 Å². The summed E-state index contributed by atoms with van der Waals surface area (Å²) < 4.78 is 16.0. The molecule has 0 bridgehead atoms. The number of nitrogens with zero attached hydrogens (tertiary/aromatic N) is 1. The number of esters is 2.